The molecule has 0 saturated carbocycles. The average Bonchev–Trinajstić information content (AvgIpc) is 3.24. The Morgan fingerprint density at radius 2 is 1.69 bits per heavy atom. The molecule has 7 nitrogen and oxygen atoms in total. The molecule has 1 heterocycles. The fraction of sp³-hybridized carbons (Fsp3) is 0.148. The van der Waals surface area contributed by atoms with E-state index in [4.69, 9.17) is 14.2 Å². The van der Waals surface area contributed by atoms with Gasteiger partial charge < -0.3 is 18.9 Å². The second-order valence-corrected chi connectivity index (χ2v) is 8.57. The number of hydrogen-bond donors (Lipinski definition) is 0. The van der Waals surface area contributed by atoms with Crippen molar-refractivity contribution in [2.24, 2.45) is 4.99 Å². The van der Waals surface area contributed by atoms with E-state index in [1.807, 2.05) is 61.5 Å². The minimum atomic E-state index is -0.536. The summed E-state index contributed by atoms with van der Waals surface area (Å²) < 4.78 is 22.0. The van der Waals surface area contributed by atoms with Crippen LogP contribution >= 0.6 is 22.6 Å². The molecule has 1 aliphatic rings. The molecule has 0 N–H and O–H groups in total. The van der Waals surface area contributed by atoms with E-state index in [1.54, 1.807) is 18.2 Å². The number of cyclic esters (lactones) is 1. The van der Waals surface area contributed by atoms with E-state index in [1.165, 1.54) is 7.11 Å². The first-order valence-electron chi connectivity index (χ1n) is 10.8. The molecule has 4 rings (SSSR count). The molecule has 0 bridgehead atoms. The van der Waals surface area contributed by atoms with E-state index in [9.17, 15) is 9.59 Å². The molecule has 0 radical (unpaired) electrons. The van der Waals surface area contributed by atoms with Crippen LogP contribution in [0.1, 0.15) is 18.1 Å². The number of hydrogen-bond acceptors (Lipinski definition) is 7. The maximum Gasteiger partial charge on any atom is 0.363 e. The molecule has 178 valence electrons. The van der Waals surface area contributed by atoms with Crippen LogP contribution in [0.25, 0.3) is 17.2 Å². The predicted octanol–water partition coefficient (Wildman–Crippen LogP) is 5.25. The largest absolute Gasteiger partial charge is 0.490 e. The van der Waals surface area contributed by atoms with Gasteiger partial charge in [0.25, 0.3) is 0 Å². The predicted molar refractivity (Wildman–Crippen MR) is 140 cm³/mol. The van der Waals surface area contributed by atoms with Crippen LogP contribution in [0.2, 0.25) is 0 Å². The van der Waals surface area contributed by atoms with Gasteiger partial charge in [-0.3, -0.25) is 0 Å². The monoisotopic (exact) mass is 583 g/mol. The molecule has 0 unspecified atom stereocenters. The highest BCUT2D eigenvalue weighted by molar-refractivity contribution is 14.1. The summed E-state index contributed by atoms with van der Waals surface area (Å²) in [5.41, 5.74) is 3.72. The van der Waals surface area contributed by atoms with Crippen LogP contribution in [-0.4, -0.2) is 38.2 Å². The van der Waals surface area contributed by atoms with Crippen molar-refractivity contribution < 1.29 is 28.5 Å². The topological polar surface area (TPSA) is 83.4 Å². The zero-order chi connectivity index (χ0) is 24.8. The smallest absolute Gasteiger partial charge is 0.363 e. The number of carbonyl (C=O) groups excluding carboxylic acids is 2. The lowest BCUT2D eigenvalue weighted by atomic mass is 10.0. The van der Waals surface area contributed by atoms with Gasteiger partial charge >= 0.3 is 11.9 Å². The zero-order valence-corrected chi connectivity index (χ0v) is 21.3. The van der Waals surface area contributed by atoms with Crippen molar-refractivity contribution in [2.45, 2.75) is 6.92 Å². The van der Waals surface area contributed by atoms with Crippen molar-refractivity contribution in [3.8, 4) is 22.6 Å². The SMILES string of the molecule is CCOc1cc(/C=C2\N=C(c3ccc(-c4ccccc4)cc3)OC2=O)cc(I)c1OCC(=O)OC. The molecule has 1 aliphatic heterocycles. The molecule has 8 heteroatoms. The highest BCUT2D eigenvalue weighted by atomic mass is 127. The summed E-state index contributed by atoms with van der Waals surface area (Å²) in [4.78, 5) is 28.4. The summed E-state index contributed by atoms with van der Waals surface area (Å²) in [6.45, 7) is 2.00. The Morgan fingerprint density at radius 3 is 2.37 bits per heavy atom. The highest BCUT2D eigenvalue weighted by Crippen LogP contribution is 2.35. The minimum Gasteiger partial charge on any atom is -0.490 e. The number of benzene rings is 3. The van der Waals surface area contributed by atoms with Crippen molar-refractivity contribution in [2.75, 3.05) is 20.3 Å². The van der Waals surface area contributed by atoms with Gasteiger partial charge in [0.05, 0.1) is 17.3 Å². The second-order valence-electron chi connectivity index (χ2n) is 7.41. The summed E-state index contributed by atoms with van der Waals surface area (Å²) in [6, 6.07) is 21.2. The molecule has 0 amide bonds. The summed E-state index contributed by atoms with van der Waals surface area (Å²) in [5, 5.41) is 0. The van der Waals surface area contributed by atoms with Gasteiger partial charge in [-0.1, -0.05) is 42.5 Å². The van der Waals surface area contributed by atoms with Crippen LogP contribution < -0.4 is 9.47 Å². The van der Waals surface area contributed by atoms with E-state index in [2.05, 4.69) is 32.3 Å². The van der Waals surface area contributed by atoms with Gasteiger partial charge in [-0.05, 0) is 76.5 Å². The normalized spacial score (nSPS) is 13.9. The Kier molecular flexibility index (Phi) is 7.81. The number of ether oxygens (including phenoxy) is 4. The Bertz CT molecular complexity index is 1300. The Balaban J connectivity index is 1.59. The average molecular weight is 583 g/mol. The lowest BCUT2D eigenvalue weighted by molar-refractivity contribution is -0.143. The van der Waals surface area contributed by atoms with Gasteiger partial charge in [0.2, 0.25) is 5.90 Å². The molecule has 3 aromatic rings. The van der Waals surface area contributed by atoms with Crippen molar-refractivity contribution >= 4 is 46.5 Å². The Labute approximate surface area is 216 Å². The Morgan fingerprint density at radius 1 is 1.00 bits per heavy atom. The van der Waals surface area contributed by atoms with Gasteiger partial charge in [0.15, 0.2) is 23.8 Å². The van der Waals surface area contributed by atoms with E-state index in [-0.39, 0.29) is 18.2 Å². The van der Waals surface area contributed by atoms with Crippen molar-refractivity contribution in [1.29, 1.82) is 0 Å². The van der Waals surface area contributed by atoms with Crippen molar-refractivity contribution in [3.05, 3.63) is 87.1 Å². The first-order chi connectivity index (χ1) is 17.0. The summed E-state index contributed by atoms with van der Waals surface area (Å²) >= 11 is 2.08. The lowest BCUT2D eigenvalue weighted by Gasteiger charge is -2.14. The van der Waals surface area contributed by atoms with Gasteiger partial charge in [-0.15, -0.1) is 0 Å². The molecule has 0 spiro atoms. The van der Waals surface area contributed by atoms with Crippen LogP contribution in [0.5, 0.6) is 11.5 Å². The molecule has 35 heavy (non-hydrogen) atoms. The fourth-order valence-electron chi connectivity index (χ4n) is 3.39. The summed E-state index contributed by atoms with van der Waals surface area (Å²) in [7, 11) is 1.29. The van der Waals surface area contributed by atoms with Crippen LogP contribution in [0.15, 0.2) is 77.4 Å². The lowest BCUT2D eigenvalue weighted by Crippen LogP contribution is -2.14. The van der Waals surface area contributed by atoms with Crippen LogP contribution in [0.3, 0.4) is 0 Å². The van der Waals surface area contributed by atoms with Gasteiger partial charge in [-0.2, -0.15) is 0 Å². The number of methoxy groups -OCH3 is 1. The standard InChI is InChI=1S/C27H22INO6/c1-3-33-23-15-17(13-21(28)25(23)34-16-24(30)32-2)14-22-27(31)35-26(29-22)20-11-9-19(10-12-20)18-7-5-4-6-8-18/h4-15H,3,16H2,1-2H3/b22-14-. The maximum atomic E-state index is 12.5. The molecule has 0 fully saturated rings. The van der Waals surface area contributed by atoms with E-state index < -0.39 is 11.9 Å². The molecule has 0 aromatic heterocycles. The zero-order valence-electron chi connectivity index (χ0n) is 19.1. The maximum absolute atomic E-state index is 12.5. The first kappa shape index (κ1) is 24.5. The third-order valence-electron chi connectivity index (χ3n) is 5.06. The molecule has 0 aliphatic carbocycles. The Hall–Kier alpha value is -3.66. The minimum absolute atomic E-state index is 0.175. The van der Waals surface area contributed by atoms with Gasteiger partial charge in [-0.25, -0.2) is 14.6 Å². The third kappa shape index (κ3) is 5.89. The molecular weight excluding hydrogens is 561 g/mol. The number of aliphatic imine (C=N–C) groups is 1. The summed E-state index contributed by atoms with van der Waals surface area (Å²) in [6.07, 6.45) is 1.63. The number of rotatable bonds is 8. The van der Waals surface area contributed by atoms with E-state index in [0.717, 1.165) is 11.1 Å². The van der Waals surface area contributed by atoms with Crippen LogP contribution in [0, 0.1) is 3.57 Å². The molecular formula is C27H22INO6. The number of carbonyl (C=O) groups is 2. The number of halogens is 1. The van der Waals surface area contributed by atoms with Gasteiger partial charge in [0.1, 0.15) is 0 Å². The second kappa shape index (κ2) is 11.2. The fourth-order valence-corrected chi connectivity index (χ4v) is 4.17. The van der Waals surface area contributed by atoms with Crippen molar-refractivity contribution in [1.82, 2.24) is 0 Å². The van der Waals surface area contributed by atoms with Crippen LogP contribution in [0.4, 0.5) is 0 Å². The van der Waals surface area contributed by atoms with E-state index >= 15 is 0 Å². The van der Waals surface area contributed by atoms with E-state index in [0.29, 0.717) is 32.8 Å². The van der Waals surface area contributed by atoms with Crippen molar-refractivity contribution in [3.63, 3.8) is 0 Å². The highest BCUT2D eigenvalue weighted by Gasteiger charge is 2.24. The molecule has 0 atom stereocenters. The molecule has 3 aromatic carbocycles. The summed E-state index contributed by atoms with van der Waals surface area (Å²) in [5.74, 6) is 0.0884. The van der Waals surface area contributed by atoms with Crippen LogP contribution in [-0.2, 0) is 19.1 Å². The quantitative estimate of drug-likeness (QED) is 0.205. The number of esters is 2. The number of nitrogens with zero attached hydrogens (tertiary/aromatic N) is 1. The molecule has 0 saturated heterocycles. The van der Waals surface area contributed by atoms with Gasteiger partial charge in [0, 0.05) is 5.56 Å². The third-order valence-corrected chi connectivity index (χ3v) is 5.86. The first-order valence-corrected chi connectivity index (χ1v) is 11.9.